The largest absolute Gasteiger partial charge is 0.480 e. The number of anilines is 1. The third-order valence-corrected chi connectivity index (χ3v) is 1.84. The van der Waals surface area contributed by atoms with Crippen LogP contribution < -0.4 is 9.64 Å². The van der Waals surface area contributed by atoms with Crippen LogP contribution in [0.3, 0.4) is 0 Å². The van der Waals surface area contributed by atoms with Gasteiger partial charge in [-0.2, -0.15) is 4.98 Å². The zero-order valence-corrected chi connectivity index (χ0v) is 8.67. The number of carboxylic acid groups (broad SMARTS) is 1. The minimum absolute atomic E-state index is 0.0989. The van der Waals surface area contributed by atoms with Crippen molar-refractivity contribution in [1.82, 2.24) is 9.97 Å². The zero-order valence-electron chi connectivity index (χ0n) is 8.67. The molecule has 0 aromatic carbocycles. The van der Waals surface area contributed by atoms with Gasteiger partial charge >= 0.3 is 5.97 Å². The average molecular weight is 211 g/mol. The molecule has 6 heteroatoms. The Morgan fingerprint density at radius 1 is 1.60 bits per heavy atom. The van der Waals surface area contributed by atoms with Crippen LogP contribution >= 0.6 is 0 Å². The van der Waals surface area contributed by atoms with E-state index in [4.69, 9.17) is 9.84 Å². The lowest BCUT2D eigenvalue weighted by atomic mass is 10.4. The van der Waals surface area contributed by atoms with E-state index in [0.717, 1.165) is 0 Å². The number of carboxylic acids is 1. The standard InChI is InChI=1S/C9H13N3O3/c1-3-12(6-9(13)14)7-4-10-5-8(11-7)15-2/h4-5H,3,6H2,1-2H3,(H,13,14). The van der Waals surface area contributed by atoms with Crippen molar-refractivity contribution in [2.24, 2.45) is 0 Å². The number of hydrogen-bond acceptors (Lipinski definition) is 5. The molecule has 0 fully saturated rings. The van der Waals surface area contributed by atoms with Gasteiger partial charge in [-0.3, -0.25) is 9.78 Å². The van der Waals surface area contributed by atoms with Gasteiger partial charge in [0.2, 0.25) is 5.88 Å². The molecule has 1 aromatic heterocycles. The van der Waals surface area contributed by atoms with Gasteiger partial charge in [0.25, 0.3) is 0 Å². The molecule has 0 atom stereocenters. The number of rotatable bonds is 5. The molecule has 15 heavy (non-hydrogen) atoms. The summed E-state index contributed by atoms with van der Waals surface area (Å²) in [6, 6.07) is 0. The number of likely N-dealkylation sites (N-methyl/N-ethyl adjacent to an activating group) is 1. The summed E-state index contributed by atoms with van der Waals surface area (Å²) in [5.41, 5.74) is 0. The first kappa shape index (κ1) is 11.2. The van der Waals surface area contributed by atoms with Gasteiger partial charge in [-0.25, -0.2) is 0 Å². The Labute approximate surface area is 87.5 Å². The number of carbonyl (C=O) groups is 1. The highest BCUT2D eigenvalue weighted by Crippen LogP contribution is 2.12. The lowest BCUT2D eigenvalue weighted by Gasteiger charge is -2.19. The van der Waals surface area contributed by atoms with Crippen LogP contribution in [0.4, 0.5) is 5.82 Å². The molecular formula is C9H13N3O3. The molecule has 6 nitrogen and oxygen atoms in total. The Morgan fingerprint density at radius 3 is 2.87 bits per heavy atom. The molecule has 1 rings (SSSR count). The lowest BCUT2D eigenvalue weighted by molar-refractivity contribution is -0.135. The summed E-state index contributed by atoms with van der Waals surface area (Å²) in [5, 5.41) is 8.68. The Kier molecular flexibility index (Phi) is 3.84. The Morgan fingerprint density at radius 2 is 2.33 bits per heavy atom. The molecule has 1 N–H and O–H groups in total. The van der Waals surface area contributed by atoms with Gasteiger partial charge in [0.15, 0.2) is 5.82 Å². The first-order valence-electron chi connectivity index (χ1n) is 4.50. The number of aliphatic carboxylic acids is 1. The molecular weight excluding hydrogens is 198 g/mol. The van der Waals surface area contributed by atoms with E-state index in [9.17, 15) is 4.79 Å². The number of methoxy groups -OCH3 is 1. The highest BCUT2D eigenvalue weighted by atomic mass is 16.5. The van der Waals surface area contributed by atoms with Gasteiger partial charge in [-0.05, 0) is 6.92 Å². The molecule has 0 spiro atoms. The second-order valence-electron chi connectivity index (χ2n) is 2.83. The van der Waals surface area contributed by atoms with Gasteiger partial charge in [-0.1, -0.05) is 0 Å². The van der Waals surface area contributed by atoms with Gasteiger partial charge in [0.05, 0.1) is 19.5 Å². The summed E-state index contributed by atoms with van der Waals surface area (Å²) in [5.74, 6) is -0.0305. The van der Waals surface area contributed by atoms with E-state index in [0.29, 0.717) is 18.2 Å². The zero-order chi connectivity index (χ0) is 11.3. The maximum atomic E-state index is 10.6. The van der Waals surface area contributed by atoms with Crippen LogP contribution in [0.5, 0.6) is 5.88 Å². The number of ether oxygens (including phenoxy) is 1. The van der Waals surface area contributed by atoms with Crippen molar-refractivity contribution in [3.05, 3.63) is 12.4 Å². The molecule has 82 valence electrons. The first-order valence-corrected chi connectivity index (χ1v) is 4.50. The summed E-state index contributed by atoms with van der Waals surface area (Å²) in [6.07, 6.45) is 2.98. The maximum absolute atomic E-state index is 10.6. The highest BCUT2D eigenvalue weighted by molar-refractivity contribution is 5.73. The molecule has 0 aliphatic carbocycles. The fourth-order valence-electron chi connectivity index (χ4n) is 1.11. The van der Waals surface area contributed by atoms with Crippen molar-refractivity contribution in [3.8, 4) is 5.88 Å². The van der Waals surface area contributed by atoms with Gasteiger partial charge in [0, 0.05) is 6.54 Å². The molecule has 0 aliphatic heterocycles. The Bertz CT molecular complexity index is 343. The fraction of sp³-hybridized carbons (Fsp3) is 0.444. The predicted octanol–water partition coefficient (Wildman–Crippen LogP) is 0.396. The summed E-state index contributed by atoms with van der Waals surface area (Å²) < 4.78 is 4.91. The lowest BCUT2D eigenvalue weighted by Crippen LogP contribution is -2.30. The third kappa shape index (κ3) is 3.08. The molecule has 0 radical (unpaired) electrons. The van der Waals surface area contributed by atoms with Crippen molar-refractivity contribution in [1.29, 1.82) is 0 Å². The van der Waals surface area contributed by atoms with Crippen molar-refractivity contribution in [2.75, 3.05) is 25.1 Å². The van der Waals surface area contributed by atoms with Crippen LogP contribution in [0.1, 0.15) is 6.92 Å². The van der Waals surface area contributed by atoms with Crippen molar-refractivity contribution < 1.29 is 14.6 Å². The molecule has 0 aliphatic rings. The minimum Gasteiger partial charge on any atom is -0.480 e. The summed E-state index contributed by atoms with van der Waals surface area (Å²) >= 11 is 0. The van der Waals surface area contributed by atoms with E-state index < -0.39 is 5.97 Å². The van der Waals surface area contributed by atoms with E-state index in [1.165, 1.54) is 19.5 Å². The van der Waals surface area contributed by atoms with E-state index in [-0.39, 0.29) is 6.54 Å². The van der Waals surface area contributed by atoms with Crippen LogP contribution in [0, 0.1) is 0 Å². The molecule has 0 saturated carbocycles. The van der Waals surface area contributed by atoms with Crippen molar-refractivity contribution in [2.45, 2.75) is 6.92 Å². The van der Waals surface area contributed by atoms with E-state index >= 15 is 0 Å². The molecule has 1 aromatic rings. The SMILES string of the molecule is CCN(CC(=O)O)c1cncc(OC)n1. The van der Waals surface area contributed by atoms with Gasteiger partial charge in [0.1, 0.15) is 6.54 Å². The van der Waals surface area contributed by atoms with Crippen LogP contribution in [-0.4, -0.2) is 41.2 Å². The second kappa shape index (κ2) is 5.14. The molecule has 1 heterocycles. The fourth-order valence-corrected chi connectivity index (χ4v) is 1.11. The Balaban J connectivity index is 2.85. The van der Waals surface area contributed by atoms with Crippen LogP contribution in [0.25, 0.3) is 0 Å². The average Bonchev–Trinajstić information content (AvgIpc) is 2.25. The maximum Gasteiger partial charge on any atom is 0.323 e. The summed E-state index contributed by atoms with van der Waals surface area (Å²) in [7, 11) is 1.49. The number of nitrogens with zero attached hydrogens (tertiary/aromatic N) is 3. The normalized spacial score (nSPS) is 9.73. The third-order valence-electron chi connectivity index (χ3n) is 1.84. The van der Waals surface area contributed by atoms with Crippen LogP contribution in [0.2, 0.25) is 0 Å². The smallest absolute Gasteiger partial charge is 0.323 e. The summed E-state index contributed by atoms with van der Waals surface area (Å²) in [6.45, 7) is 2.30. The van der Waals surface area contributed by atoms with E-state index in [1.807, 2.05) is 6.92 Å². The van der Waals surface area contributed by atoms with E-state index in [2.05, 4.69) is 9.97 Å². The summed E-state index contributed by atoms with van der Waals surface area (Å²) in [4.78, 5) is 20.2. The molecule has 0 unspecified atom stereocenters. The highest BCUT2D eigenvalue weighted by Gasteiger charge is 2.10. The molecule has 0 bridgehead atoms. The second-order valence-corrected chi connectivity index (χ2v) is 2.83. The topological polar surface area (TPSA) is 75.6 Å². The van der Waals surface area contributed by atoms with Crippen molar-refractivity contribution >= 4 is 11.8 Å². The monoisotopic (exact) mass is 211 g/mol. The number of aromatic nitrogens is 2. The van der Waals surface area contributed by atoms with Gasteiger partial charge in [-0.15, -0.1) is 0 Å². The first-order chi connectivity index (χ1) is 7.17. The quantitative estimate of drug-likeness (QED) is 0.759. The molecule has 0 amide bonds. The van der Waals surface area contributed by atoms with Gasteiger partial charge < -0.3 is 14.7 Å². The number of hydrogen-bond donors (Lipinski definition) is 1. The van der Waals surface area contributed by atoms with Crippen LogP contribution in [0.15, 0.2) is 12.4 Å². The predicted molar refractivity (Wildman–Crippen MR) is 54.1 cm³/mol. The molecule has 0 saturated heterocycles. The van der Waals surface area contributed by atoms with Crippen LogP contribution in [-0.2, 0) is 4.79 Å². The van der Waals surface area contributed by atoms with E-state index in [1.54, 1.807) is 4.90 Å². The van der Waals surface area contributed by atoms with Crippen molar-refractivity contribution in [3.63, 3.8) is 0 Å². The minimum atomic E-state index is -0.901. The Hall–Kier alpha value is -1.85.